The fraction of sp³-hybridized carbons (Fsp3) is 0.500. The molecule has 2 unspecified atom stereocenters. The molecule has 0 aromatic carbocycles. The predicted octanol–water partition coefficient (Wildman–Crippen LogP) is 1.25. The highest BCUT2D eigenvalue weighted by Crippen LogP contribution is 2.31. The molecule has 3 rings (SSSR count). The lowest BCUT2D eigenvalue weighted by Crippen LogP contribution is -2.31. The highest BCUT2D eigenvalue weighted by molar-refractivity contribution is 7.89. The maximum Gasteiger partial charge on any atom is 0.242 e. The molecule has 1 fully saturated rings. The van der Waals surface area contributed by atoms with Gasteiger partial charge in [0.25, 0.3) is 0 Å². The molecule has 114 valence electrons. The van der Waals surface area contributed by atoms with E-state index in [0.29, 0.717) is 17.6 Å². The molecule has 0 bridgehead atoms. The number of nitrogens with zero attached hydrogens (tertiary/aromatic N) is 1. The smallest absolute Gasteiger partial charge is 0.242 e. The Labute approximate surface area is 123 Å². The zero-order valence-corrected chi connectivity index (χ0v) is 12.4. The Morgan fingerprint density at radius 1 is 1.38 bits per heavy atom. The molecule has 2 aromatic rings. The number of nitrogens with one attached hydrogen (secondary N) is 2. The van der Waals surface area contributed by atoms with Gasteiger partial charge in [-0.2, -0.15) is 0 Å². The first-order chi connectivity index (χ1) is 10.1. The summed E-state index contributed by atoms with van der Waals surface area (Å²) in [5.41, 5.74) is 0.562. The van der Waals surface area contributed by atoms with E-state index < -0.39 is 10.0 Å². The minimum Gasteiger partial charge on any atom is -0.396 e. The van der Waals surface area contributed by atoms with Crippen molar-refractivity contribution >= 4 is 21.1 Å². The zero-order chi connectivity index (χ0) is 14.9. The van der Waals surface area contributed by atoms with E-state index in [1.807, 2.05) is 0 Å². The largest absolute Gasteiger partial charge is 0.396 e. The van der Waals surface area contributed by atoms with Crippen molar-refractivity contribution in [1.29, 1.82) is 0 Å². The number of aromatic amines is 1. The van der Waals surface area contributed by atoms with E-state index in [0.717, 1.165) is 19.3 Å². The van der Waals surface area contributed by atoms with Crippen LogP contribution in [0.5, 0.6) is 0 Å². The van der Waals surface area contributed by atoms with Crippen molar-refractivity contribution in [1.82, 2.24) is 14.7 Å². The summed E-state index contributed by atoms with van der Waals surface area (Å²) in [6, 6.07) is 3.45. The molecule has 21 heavy (non-hydrogen) atoms. The molecule has 0 spiro atoms. The van der Waals surface area contributed by atoms with Crippen molar-refractivity contribution in [2.75, 3.05) is 13.2 Å². The highest BCUT2D eigenvalue weighted by atomic mass is 32.2. The highest BCUT2D eigenvalue weighted by Gasteiger charge is 2.28. The molecule has 1 aliphatic rings. The van der Waals surface area contributed by atoms with Crippen molar-refractivity contribution < 1.29 is 13.5 Å². The number of pyridine rings is 1. The zero-order valence-electron chi connectivity index (χ0n) is 11.6. The van der Waals surface area contributed by atoms with Gasteiger partial charge in [-0.15, -0.1) is 0 Å². The number of aliphatic hydroxyl groups excluding tert-OH is 1. The Morgan fingerprint density at radius 2 is 2.19 bits per heavy atom. The van der Waals surface area contributed by atoms with Crippen LogP contribution in [-0.2, 0) is 10.0 Å². The molecule has 2 heterocycles. The summed E-state index contributed by atoms with van der Waals surface area (Å²) < 4.78 is 27.5. The average molecular weight is 309 g/mol. The van der Waals surface area contributed by atoms with Crippen molar-refractivity contribution in [3.05, 3.63) is 24.5 Å². The Bertz CT molecular complexity index is 726. The number of sulfonamides is 1. The molecule has 2 aromatic heterocycles. The fourth-order valence-electron chi connectivity index (χ4n) is 3.07. The molecule has 0 aliphatic heterocycles. The van der Waals surface area contributed by atoms with Crippen molar-refractivity contribution in [2.24, 2.45) is 11.8 Å². The van der Waals surface area contributed by atoms with Crippen LogP contribution in [0.3, 0.4) is 0 Å². The average Bonchev–Trinajstić information content (AvgIpc) is 3.11. The molecular formula is C14H19N3O3S. The van der Waals surface area contributed by atoms with Gasteiger partial charge < -0.3 is 10.1 Å². The Kier molecular flexibility index (Phi) is 3.97. The lowest BCUT2D eigenvalue weighted by Gasteiger charge is -2.17. The first-order valence-electron chi connectivity index (χ1n) is 7.14. The van der Waals surface area contributed by atoms with E-state index in [1.54, 1.807) is 18.3 Å². The van der Waals surface area contributed by atoms with E-state index in [4.69, 9.17) is 0 Å². The van der Waals surface area contributed by atoms with Gasteiger partial charge in [-0.1, -0.05) is 6.42 Å². The second kappa shape index (κ2) is 5.75. The summed E-state index contributed by atoms with van der Waals surface area (Å²) in [5.74, 6) is 0.422. The van der Waals surface area contributed by atoms with Crippen LogP contribution in [0.2, 0.25) is 0 Å². The van der Waals surface area contributed by atoms with E-state index in [-0.39, 0.29) is 23.3 Å². The van der Waals surface area contributed by atoms with Gasteiger partial charge in [-0.3, -0.25) is 0 Å². The quantitative estimate of drug-likeness (QED) is 0.774. The van der Waals surface area contributed by atoms with Gasteiger partial charge in [0.15, 0.2) is 0 Å². The molecular weight excluding hydrogens is 290 g/mol. The monoisotopic (exact) mass is 309 g/mol. The van der Waals surface area contributed by atoms with E-state index >= 15 is 0 Å². The van der Waals surface area contributed by atoms with E-state index in [1.165, 1.54) is 6.20 Å². The summed E-state index contributed by atoms with van der Waals surface area (Å²) in [6.07, 6.45) is 6.07. The van der Waals surface area contributed by atoms with Gasteiger partial charge in [-0.25, -0.2) is 18.1 Å². The van der Waals surface area contributed by atoms with Crippen LogP contribution in [0.25, 0.3) is 11.0 Å². The topological polar surface area (TPSA) is 95.1 Å². The summed E-state index contributed by atoms with van der Waals surface area (Å²) in [6.45, 7) is 0.504. The van der Waals surface area contributed by atoms with Crippen LogP contribution in [-0.4, -0.2) is 36.6 Å². The van der Waals surface area contributed by atoms with Crippen molar-refractivity contribution in [3.8, 4) is 0 Å². The first kappa shape index (κ1) is 14.5. The summed E-state index contributed by atoms with van der Waals surface area (Å²) in [5, 5.41) is 9.89. The summed E-state index contributed by atoms with van der Waals surface area (Å²) in [7, 11) is -3.57. The van der Waals surface area contributed by atoms with Gasteiger partial charge in [0.05, 0.1) is 0 Å². The summed E-state index contributed by atoms with van der Waals surface area (Å²) >= 11 is 0. The summed E-state index contributed by atoms with van der Waals surface area (Å²) in [4.78, 5) is 7.20. The lowest BCUT2D eigenvalue weighted by molar-refractivity contribution is 0.195. The Morgan fingerprint density at radius 3 is 3.00 bits per heavy atom. The third kappa shape index (κ3) is 2.81. The second-order valence-electron chi connectivity index (χ2n) is 5.54. The standard InChI is InChI=1S/C14H19N3O3S/c18-9-11-4-1-3-10(11)7-17-21(19,20)13-8-16-14-12(13)5-2-6-15-14/h2,5-6,8,10-11,17-18H,1,3-4,7,9H2,(H,15,16). The van der Waals surface area contributed by atoms with Gasteiger partial charge in [0, 0.05) is 30.9 Å². The van der Waals surface area contributed by atoms with Crippen molar-refractivity contribution in [2.45, 2.75) is 24.2 Å². The molecule has 3 N–H and O–H groups in total. The predicted molar refractivity (Wildman–Crippen MR) is 79.2 cm³/mol. The first-order valence-corrected chi connectivity index (χ1v) is 8.63. The third-order valence-corrected chi connectivity index (χ3v) is 5.75. The second-order valence-corrected chi connectivity index (χ2v) is 7.27. The molecule has 2 atom stereocenters. The number of aromatic nitrogens is 2. The van der Waals surface area contributed by atoms with Crippen LogP contribution < -0.4 is 4.72 Å². The number of hydrogen-bond donors (Lipinski definition) is 3. The maximum atomic E-state index is 12.4. The van der Waals surface area contributed by atoms with Crippen LogP contribution in [0, 0.1) is 11.8 Å². The van der Waals surface area contributed by atoms with Crippen LogP contribution in [0.4, 0.5) is 0 Å². The fourth-order valence-corrected chi connectivity index (χ4v) is 4.33. The minimum absolute atomic E-state index is 0.128. The van der Waals surface area contributed by atoms with E-state index in [9.17, 15) is 13.5 Å². The number of aliphatic hydroxyl groups is 1. The maximum absolute atomic E-state index is 12.4. The third-order valence-electron chi connectivity index (χ3n) is 4.29. The minimum atomic E-state index is -3.57. The molecule has 0 radical (unpaired) electrons. The molecule has 0 amide bonds. The molecule has 7 heteroatoms. The SMILES string of the molecule is O=S(=O)(NCC1CCCC1CO)c1c[nH]c2ncccc12. The molecule has 1 saturated carbocycles. The lowest BCUT2D eigenvalue weighted by atomic mass is 9.97. The van der Waals surface area contributed by atoms with Crippen LogP contribution >= 0.6 is 0 Å². The molecule has 1 aliphatic carbocycles. The molecule has 6 nitrogen and oxygen atoms in total. The van der Waals surface area contributed by atoms with E-state index in [2.05, 4.69) is 14.7 Å². The number of hydrogen-bond acceptors (Lipinski definition) is 4. The van der Waals surface area contributed by atoms with Gasteiger partial charge in [0.2, 0.25) is 10.0 Å². The number of H-pyrrole nitrogens is 1. The van der Waals surface area contributed by atoms with Crippen LogP contribution in [0.1, 0.15) is 19.3 Å². The Hall–Kier alpha value is -1.44. The van der Waals surface area contributed by atoms with Crippen LogP contribution in [0.15, 0.2) is 29.4 Å². The van der Waals surface area contributed by atoms with Gasteiger partial charge >= 0.3 is 0 Å². The normalized spacial score (nSPS) is 22.9. The molecule has 0 saturated heterocycles. The Balaban J connectivity index is 1.78. The number of fused-ring (bicyclic) bond motifs is 1. The number of rotatable bonds is 5. The van der Waals surface area contributed by atoms with Crippen molar-refractivity contribution in [3.63, 3.8) is 0 Å². The van der Waals surface area contributed by atoms with Gasteiger partial charge in [0.1, 0.15) is 10.5 Å². The van der Waals surface area contributed by atoms with Gasteiger partial charge in [-0.05, 0) is 36.8 Å².